The lowest BCUT2D eigenvalue weighted by atomic mass is 9.90. The van der Waals surface area contributed by atoms with Crippen LogP contribution in [0, 0.1) is 5.92 Å². The maximum atomic E-state index is 5.55. The normalized spacial score (nSPS) is 41.4. The van der Waals surface area contributed by atoms with Crippen molar-refractivity contribution >= 4 is 0 Å². The molecule has 5 nitrogen and oxygen atoms in total. The highest BCUT2D eigenvalue weighted by Gasteiger charge is 2.41. The summed E-state index contributed by atoms with van der Waals surface area (Å²) in [5, 5.41) is 7.77. The Bertz CT molecular complexity index is 474. The minimum Gasteiger partial charge on any atom is -0.338 e. The van der Waals surface area contributed by atoms with Crippen molar-refractivity contribution in [2.45, 2.75) is 63.1 Å². The second-order valence-corrected chi connectivity index (χ2v) is 6.91. The van der Waals surface area contributed by atoms with Crippen molar-refractivity contribution in [1.29, 1.82) is 0 Å². The van der Waals surface area contributed by atoms with Gasteiger partial charge in [-0.2, -0.15) is 4.98 Å². The largest absolute Gasteiger partial charge is 0.338 e. The van der Waals surface area contributed by atoms with Crippen LogP contribution in [0.25, 0.3) is 0 Å². The molecular formula is C15H24N4O. The maximum absolute atomic E-state index is 5.55. The lowest BCUT2D eigenvalue weighted by Crippen LogP contribution is -2.39. The Balaban J connectivity index is 1.51. The molecule has 2 bridgehead atoms. The highest BCUT2D eigenvalue weighted by atomic mass is 16.5. The number of fused-ring (bicyclic) bond motifs is 2. The second-order valence-electron chi connectivity index (χ2n) is 6.91. The van der Waals surface area contributed by atoms with Crippen LogP contribution >= 0.6 is 0 Å². The maximum Gasteiger partial charge on any atom is 0.244 e. The van der Waals surface area contributed by atoms with Crippen LogP contribution in [0.2, 0.25) is 0 Å². The van der Waals surface area contributed by atoms with Gasteiger partial charge in [0, 0.05) is 18.0 Å². The lowest BCUT2D eigenvalue weighted by Gasteiger charge is -2.34. The first kappa shape index (κ1) is 12.8. The summed E-state index contributed by atoms with van der Waals surface area (Å²) in [5.41, 5.74) is 0. The average molecular weight is 276 g/mol. The standard InChI is InChI=1S/C15H24N4O/c1-9-5-6-16-13(9)15-17-14(18-20-15)10-7-11-3-4-12(8-10)19(11)2/h9-13,16H,3-8H2,1-2H3. The van der Waals surface area contributed by atoms with Crippen LogP contribution in [-0.2, 0) is 0 Å². The Labute approximate surface area is 120 Å². The second kappa shape index (κ2) is 4.81. The molecule has 4 unspecified atom stereocenters. The minimum absolute atomic E-state index is 0.263. The van der Waals surface area contributed by atoms with E-state index in [4.69, 9.17) is 9.51 Å². The van der Waals surface area contributed by atoms with Crippen molar-refractivity contribution in [3.63, 3.8) is 0 Å². The van der Waals surface area contributed by atoms with Crippen LogP contribution in [0.5, 0.6) is 0 Å². The Morgan fingerprint density at radius 1 is 1.20 bits per heavy atom. The molecule has 0 amide bonds. The third kappa shape index (κ3) is 1.99. The van der Waals surface area contributed by atoms with Gasteiger partial charge in [-0.3, -0.25) is 0 Å². The van der Waals surface area contributed by atoms with Gasteiger partial charge in [-0.1, -0.05) is 12.1 Å². The third-order valence-corrected chi connectivity index (χ3v) is 5.72. The van der Waals surface area contributed by atoms with E-state index in [1.807, 2.05) is 0 Å². The number of nitrogens with one attached hydrogen (secondary N) is 1. The molecule has 0 saturated carbocycles. The van der Waals surface area contributed by atoms with E-state index in [0.717, 1.165) is 30.3 Å². The molecule has 1 N–H and O–H groups in total. The first-order chi connectivity index (χ1) is 9.72. The molecule has 3 aliphatic heterocycles. The van der Waals surface area contributed by atoms with Crippen molar-refractivity contribution < 1.29 is 4.52 Å². The Kier molecular flexibility index (Phi) is 3.07. The molecule has 3 aliphatic rings. The molecule has 3 saturated heterocycles. The van der Waals surface area contributed by atoms with Gasteiger partial charge in [0.05, 0.1) is 6.04 Å². The van der Waals surface area contributed by atoms with E-state index >= 15 is 0 Å². The van der Waals surface area contributed by atoms with Gasteiger partial charge < -0.3 is 14.7 Å². The molecule has 0 aromatic carbocycles. The van der Waals surface area contributed by atoms with Crippen molar-refractivity contribution in [1.82, 2.24) is 20.4 Å². The molecular weight excluding hydrogens is 252 g/mol. The molecule has 0 aliphatic carbocycles. The summed E-state index contributed by atoms with van der Waals surface area (Å²) in [4.78, 5) is 7.28. The smallest absolute Gasteiger partial charge is 0.244 e. The Morgan fingerprint density at radius 3 is 2.60 bits per heavy atom. The molecule has 1 aromatic heterocycles. The molecule has 20 heavy (non-hydrogen) atoms. The molecule has 0 radical (unpaired) electrons. The molecule has 3 fully saturated rings. The van der Waals surface area contributed by atoms with Crippen LogP contribution in [0.1, 0.15) is 62.7 Å². The van der Waals surface area contributed by atoms with E-state index < -0.39 is 0 Å². The summed E-state index contributed by atoms with van der Waals surface area (Å²) >= 11 is 0. The summed E-state index contributed by atoms with van der Waals surface area (Å²) in [6.45, 7) is 3.31. The zero-order valence-corrected chi connectivity index (χ0v) is 12.4. The van der Waals surface area contributed by atoms with Crippen LogP contribution in [0.4, 0.5) is 0 Å². The van der Waals surface area contributed by atoms with Crippen LogP contribution in [0.3, 0.4) is 0 Å². The number of rotatable bonds is 2. The van der Waals surface area contributed by atoms with Crippen molar-refractivity contribution in [2.24, 2.45) is 5.92 Å². The van der Waals surface area contributed by atoms with E-state index in [1.54, 1.807) is 0 Å². The number of hydrogen-bond acceptors (Lipinski definition) is 5. The summed E-state index contributed by atoms with van der Waals surface area (Å²) in [6.07, 6.45) is 6.26. The van der Waals surface area contributed by atoms with Gasteiger partial charge in [-0.15, -0.1) is 0 Å². The van der Waals surface area contributed by atoms with Gasteiger partial charge in [0.1, 0.15) is 0 Å². The molecule has 5 heteroatoms. The highest BCUT2D eigenvalue weighted by Crippen LogP contribution is 2.41. The first-order valence-electron chi connectivity index (χ1n) is 8.01. The summed E-state index contributed by atoms with van der Waals surface area (Å²) in [5.74, 6) is 2.84. The van der Waals surface area contributed by atoms with E-state index in [-0.39, 0.29) is 6.04 Å². The van der Waals surface area contributed by atoms with Gasteiger partial charge >= 0.3 is 0 Å². The number of hydrogen-bond donors (Lipinski definition) is 1. The summed E-state index contributed by atoms with van der Waals surface area (Å²) < 4.78 is 5.55. The number of nitrogens with zero attached hydrogens (tertiary/aromatic N) is 3. The zero-order chi connectivity index (χ0) is 13.7. The topological polar surface area (TPSA) is 54.2 Å². The fraction of sp³-hybridized carbons (Fsp3) is 0.867. The predicted molar refractivity (Wildman–Crippen MR) is 75.4 cm³/mol. The SMILES string of the molecule is CC1CCNC1c1nc(C2CC3CCC(C2)N3C)no1. The van der Waals surface area contributed by atoms with Gasteiger partial charge in [0.15, 0.2) is 5.82 Å². The van der Waals surface area contributed by atoms with Crippen molar-refractivity contribution in [3.05, 3.63) is 11.7 Å². The van der Waals surface area contributed by atoms with Gasteiger partial charge in [-0.05, 0) is 51.6 Å². The summed E-state index contributed by atoms with van der Waals surface area (Å²) in [6, 6.07) is 1.72. The van der Waals surface area contributed by atoms with Crippen LogP contribution < -0.4 is 5.32 Å². The van der Waals surface area contributed by atoms with E-state index in [2.05, 4.69) is 29.3 Å². The minimum atomic E-state index is 0.263. The zero-order valence-electron chi connectivity index (χ0n) is 12.4. The molecule has 4 atom stereocenters. The van der Waals surface area contributed by atoms with Crippen LogP contribution in [0.15, 0.2) is 4.52 Å². The quantitative estimate of drug-likeness (QED) is 0.896. The molecule has 4 heterocycles. The number of piperidine rings is 1. The van der Waals surface area contributed by atoms with Gasteiger partial charge in [0.2, 0.25) is 5.89 Å². The lowest BCUT2D eigenvalue weighted by molar-refractivity contribution is 0.157. The predicted octanol–water partition coefficient (Wildman–Crippen LogP) is 2.08. The van der Waals surface area contributed by atoms with E-state index in [9.17, 15) is 0 Å². The van der Waals surface area contributed by atoms with Crippen molar-refractivity contribution in [2.75, 3.05) is 13.6 Å². The number of aromatic nitrogens is 2. The molecule has 0 spiro atoms. The monoisotopic (exact) mass is 276 g/mol. The first-order valence-corrected chi connectivity index (χ1v) is 8.01. The fourth-order valence-corrected chi connectivity index (χ4v) is 4.33. The van der Waals surface area contributed by atoms with Gasteiger partial charge in [0.25, 0.3) is 0 Å². The van der Waals surface area contributed by atoms with Crippen molar-refractivity contribution in [3.8, 4) is 0 Å². The Hall–Kier alpha value is -0.940. The average Bonchev–Trinajstić information content (AvgIpc) is 3.10. The van der Waals surface area contributed by atoms with Gasteiger partial charge in [-0.25, -0.2) is 0 Å². The third-order valence-electron chi connectivity index (χ3n) is 5.72. The highest BCUT2D eigenvalue weighted by molar-refractivity contribution is 5.07. The Morgan fingerprint density at radius 2 is 1.95 bits per heavy atom. The van der Waals surface area contributed by atoms with Crippen LogP contribution in [-0.4, -0.2) is 40.7 Å². The fourth-order valence-electron chi connectivity index (χ4n) is 4.33. The molecule has 4 rings (SSSR count). The van der Waals surface area contributed by atoms with E-state index in [1.165, 1.54) is 32.1 Å². The molecule has 110 valence electrons. The summed E-state index contributed by atoms with van der Waals surface area (Å²) in [7, 11) is 2.27. The van der Waals surface area contributed by atoms with E-state index in [0.29, 0.717) is 11.8 Å². The molecule has 1 aromatic rings.